The molecular weight excluding hydrogens is 678 g/mol. The molecule has 2 N–H and O–H groups in total. The van der Waals surface area contributed by atoms with Crippen LogP contribution in [0.2, 0.25) is 0 Å². The van der Waals surface area contributed by atoms with E-state index in [1.165, 1.54) is 54.4 Å². The predicted octanol–water partition coefficient (Wildman–Crippen LogP) is -0.987. The molecule has 52 heavy (non-hydrogen) atoms. The van der Waals surface area contributed by atoms with Gasteiger partial charge in [0.2, 0.25) is 0 Å². The molecule has 3 aromatic rings. The minimum absolute atomic E-state index is 0.0558. The van der Waals surface area contributed by atoms with Gasteiger partial charge in [-0.1, -0.05) is 18.2 Å². The number of amidine groups is 1. The van der Waals surface area contributed by atoms with Crippen LogP contribution in [0, 0.1) is 0 Å². The summed E-state index contributed by atoms with van der Waals surface area (Å²) in [6.07, 6.45) is 0. The first-order valence-corrected chi connectivity index (χ1v) is 15.5. The molecule has 18 nitrogen and oxygen atoms in total. The Bertz CT molecular complexity index is 2440. The maximum absolute atomic E-state index is 13.6. The minimum atomic E-state index is -0.999. The van der Waals surface area contributed by atoms with Crippen molar-refractivity contribution < 1.29 is 43.2 Å². The van der Waals surface area contributed by atoms with Crippen molar-refractivity contribution in [3.8, 4) is 0 Å². The molecule has 1 aromatic heterocycles. The average molecular weight is 706 g/mol. The van der Waals surface area contributed by atoms with E-state index in [2.05, 4.69) is 15.3 Å². The summed E-state index contributed by atoms with van der Waals surface area (Å²) in [6, 6.07) is 8.89. The zero-order chi connectivity index (χ0) is 37.7. The number of amides is 12. The van der Waals surface area contributed by atoms with E-state index in [0.29, 0.717) is 15.5 Å². The van der Waals surface area contributed by atoms with Crippen LogP contribution >= 0.6 is 0 Å². The van der Waals surface area contributed by atoms with E-state index in [9.17, 15) is 43.2 Å². The smallest absolute Gasteiger partial charge is 0.333 e. The number of para-hydroxylation sites is 1. The molecule has 0 atom stereocenters. The summed E-state index contributed by atoms with van der Waals surface area (Å²) in [5.41, 5.74) is -0.605. The molecule has 0 radical (unpaired) electrons. The highest BCUT2D eigenvalue weighted by atomic mass is 16.2. The number of rotatable bonds is 1. The Balaban J connectivity index is 1.67. The van der Waals surface area contributed by atoms with Gasteiger partial charge >= 0.3 is 18.1 Å². The lowest BCUT2D eigenvalue weighted by Gasteiger charge is -2.29. The van der Waals surface area contributed by atoms with Gasteiger partial charge in [0.05, 0.1) is 22.1 Å². The number of barbiturate groups is 3. The minimum Gasteiger partial charge on any atom is -0.353 e. The Morgan fingerprint density at radius 1 is 0.481 bits per heavy atom. The molecular formula is C34H27N9O9. The van der Waals surface area contributed by atoms with Gasteiger partial charge in [0, 0.05) is 64.2 Å². The number of H-pyrrole nitrogens is 1. The van der Waals surface area contributed by atoms with Crippen LogP contribution in [0.5, 0.6) is 0 Å². The number of likely N-dealkylation sites (N-methyl/N-ethyl adjacent to an activating group) is 2. The molecule has 0 bridgehead atoms. The third kappa shape index (κ3) is 4.50. The number of benzene rings is 2. The Morgan fingerprint density at radius 2 is 0.846 bits per heavy atom. The van der Waals surface area contributed by atoms with Crippen LogP contribution in [0.3, 0.4) is 0 Å². The number of aromatic amines is 1. The molecule has 3 saturated heterocycles. The fourth-order valence-corrected chi connectivity index (χ4v) is 6.36. The van der Waals surface area contributed by atoms with Gasteiger partial charge in [-0.25, -0.2) is 19.4 Å². The van der Waals surface area contributed by atoms with E-state index in [1.807, 2.05) is 0 Å². The van der Waals surface area contributed by atoms with E-state index in [-0.39, 0.29) is 44.1 Å². The second-order valence-electron chi connectivity index (χ2n) is 12.3. The van der Waals surface area contributed by atoms with Gasteiger partial charge in [0.25, 0.3) is 35.4 Å². The highest BCUT2D eigenvalue weighted by Crippen LogP contribution is 2.34. The number of nitrogens with one attached hydrogen (secondary N) is 2. The van der Waals surface area contributed by atoms with Crippen LogP contribution in [0.4, 0.5) is 20.1 Å². The lowest BCUT2D eigenvalue weighted by atomic mass is 9.97. The topological polar surface area (TPSA) is 213 Å². The Labute approximate surface area is 292 Å². The number of carbonyl (C=O) groups excluding carboxylic acids is 9. The van der Waals surface area contributed by atoms with Crippen molar-refractivity contribution in [3.05, 3.63) is 69.9 Å². The van der Waals surface area contributed by atoms with Crippen molar-refractivity contribution in [2.45, 2.75) is 0 Å². The highest BCUT2D eigenvalue weighted by molar-refractivity contribution is 6.47. The van der Waals surface area contributed by atoms with Gasteiger partial charge < -0.3 is 10.3 Å². The third-order valence-electron chi connectivity index (χ3n) is 9.29. The molecule has 0 aliphatic carbocycles. The molecule has 2 aromatic carbocycles. The second-order valence-corrected chi connectivity index (χ2v) is 12.3. The average Bonchev–Trinajstić information content (AvgIpc) is 3.67. The molecule has 18 heteroatoms. The molecule has 4 aliphatic heterocycles. The Kier molecular flexibility index (Phi) is 7.30. The number of aliphatic imine (C=N–C) groups is 1. The van der Waals surface area contributed by atoms with E-state index in [1.54, 1.807) is 30.3 Å². The molecule has 0 unspecified atom stereocenters. The van der Waals surface area contributed by atoms with Gasteiger partial charge in [0.1, 0.15) is 22.6 Å². The van der Waals surface area contributed by atoms with Gasteiger partial charge in [-0.3, -0.25) is 58.2 Å². The SMILES string of the molecule is CN1C(=O)C(=C2NC(=Nc3ccccc3)c3cc4c(=C5C(=O)N(C)C(=O)N(C)C5=O)[nH]c(=C5C(=O)N(C)C(=O)N(C)C5=O)c4cc32)C(=O)N(C)C1=O. The van der Waals surface area contributed by atoms with E-state index >= 15 is 0 Å². The fourth-order valence-electron chi connectivity index (χ4n) is 6.36. The Morgan fingerprint density at radius 3 is 1.25 bits per heavy atom. The van der Waals surface area contributed by atoms with Crippen LogP contribution in [0.1, 0.15) is 11.1 Å². The summed E-state index contributed by atoms with van der Waals surface area (Å²) in [5, 5.41) is 2.84. The summed E-state index contributed by atoms with van der Waals surface area (Å²) in [7, 11) is 7.12. The van der Waals surface area contributed by atoms with Crippen LogP contribution in [-0.4, -0.2) is 136 Å². The van der Waals surface area contributed by atoms with E-state index in [0.717, 1.165) is 19.6 Å². The normalized spacial score (nSPS) is 19.5. The summed E-state index contributed by atoms with van der Waals surface area (Å²) in [5.74, 6) is -5.67. The molecule has 12 amide bonds. The number of hydrogen-bond donors (Lipinski definition) is 2. The summed E-state index contributed by atoms with van der Waals surface area (Å²) < 4.78 is 0. The summed E-state index contributed by atoms with van der Waals surface area (Å²) in [4.78, 5) is 131. The number of imide groups is 6. The zero-order valence-corrected chi connectivity index (χ0v) is 28.3. The molecule has 3 fully saturated rings. The van der Waals surface area contributed by atoms with Crippen LogP contribution < -0.4 is 16.0 Å². The second kappa shape index (κ2) is 11.4. The number of nitrogens with zero attached hydrogens (tertiary/aromatic N) is 7. The fraction of sp³-hybridized carbons (Fsp3) is 0.176. The predicted molar refractivity (Wildman–Crippen MR) is 180 cm³/mol. The van der Waals surface area contributed by atoms with Gasteiger partial charge in [-0.05, 0) is 24.3 Å². The first kappa shape index (κ1) is 33.3. The van der Waals surface area contributed by atoms with Crippen molar-refractivity contribution >= 4 is 92.7 Å². The van der Waals surface area contributed by atoms with Crippen molar-refractivity contribution in [3.63, 3.8) is 0 Å². The number of carbonyl (C=O) groups is 9. The van der Waals surface area contributed by atoms with Gasteiger partial charge in [-0.15, -0.1) is 0 Å². The summed E-state index contributed by atoms with van der Waals surface area (Å²) >= 11 is 0. The van der Waals surface area contributed by atoms with Crippen molar-refractivity contribution in [1.82, 2.24) is 39.7 Å². The zero-order valence-electron chi connectivity index (χ0n) is 28.3. The van der Waals surface area contributed by atoms with Crippen molar-refractivity contribution in [2.75, 3.05) is 42.3 Å². The third-order valence-corrected chi connectivity index (χ3v) is 9.29. The first-order chi connectivity index (χ1) is 24.6. The van der Waals surface area contributed by atoms with Gasteiger partial charge in [-0.2, -0.15) is 0 Å². The maximum Gasteiger partial charge on any atom is 0.333 e. The van der Waals surface area contributed by atoms with Crippen LogP contribution in [0.15, 0.2) is 53.0 Å². The van der Waals surface area contributed by atoms with Gasteiger partial charge in [0.15, 0.2) is 0 Å². The molecule has 5 heterocycles. The van der Waals surface area contributed by atoms with Crippen molar-refractivity contribution in [1.29, 1.82) is 0 Å². The number of fused-ring (bicyclic) bond motifs is 2. The molecule has 4 aliphatic rings. The lowest BCUT2D eigenvalue weighted by molar-refractivity contribution is -0.135. The van der Waals surface area contributed by atoms with Crippen LogP contribution in [0.25, 0.3) is 27.6 Å². The van der Waals surface area contributed by atoms with E-state index in [4.69, 9.17) is 0 Å². The van der Waals surface area contributed by atoms with Crippen LogP contribution in [-0.2, 0) is 28.8 Å². The number of aromatic nitrogens is 1. The maximum atomic E-state index is 13.6. The lowest BCUT2D eigenvalue weighted by Crippen LogP contribution is -2.54. The Hall–Kier alpha value is -7.24. The molecule has 0 saturated carbocycles. The van der Waals surface area contributed by atoms with E-state index < -0.39 is 70.3 Å². The largest absolute Gasteiger partial charge is 0.353 e. The quantitative estimate of drug-likeness (QED) is 0.233. The highest BCUT2D eigenvalue weighted by Gasteiger charge is 2.44. The monoisotopic (exact) mass is 705 g/mol. The molecule has 262 valence electrons. The molecule has 7 rings (SSSR count). The molecule has 0 spiro atoms. The first-order valence-electron chi connectivity index (χ1n) is 15.5. The standard InChI is InChI=1S/C34H27N9O9/c1-38-26(44)19(27(45)39(2)32(38)50)22-15-12-17-18(13-16(15)23(36-22)20-28(46)40(3)33(51)41(4)29(20)47)25(35-14-10-8-7-9-11-14)37-24(17)21-30(48)42(5)34(52)43(6)31(21)49/h7-13,36H,1-6H3,(H,35,37). The summed E-state index contributed by atoms with van der Waals surface area (Å²) in [6.45, 7) is 0. The number of urea groups is 3. The van der Waals surface area contributed by atoms with Crippen molar-refractivity contribution in [2.24, 2.45) is 4.99 Å². The number of hydrogen-bond acceptors (Lipinski definition) is 10.